The van der Waals surface area contributed by atoms with E-state index in [-0.39, 0.29) is 12.1 Å². The quantitative estimate of drug-likeness (QED) is 0.697. The molecule has 0 aromatic heterocycles. The number of hydrogen-bond donors (Lipinski definition) is 3. The number of urea groups is 1. The Kier molecular flexibility index (Phi) is 6.05. The van der Waals surface area contributed by atoms with E-state index >= 15 is 0 Å². The minimum atomic E-state index is -0.130. The van der Waals surface area contributed by atoms with E-state index in [0.29, 0.717) is 0 Å². The Labute approximate surface area is 127 Å². The third-order valence-corrected chi connectivity index (χ3v) is 4.24. The molecule has 1 aliphatic carbocycles. The lowest BCUT2D eigenvalue weighted by Crippen LogP contribution is -2.29. The SMILES string of the molecule is CC(N)c1ccc(NC(=O)NCCCC2CCCC2)cc1. The van der Waals surface area contributed by atoms with Gasteiger partial charge in [-0.15, -0.1) is 0 Å². The summed E-state index contributed by atoms with van der Waals surface area (Å²) in [6, 6.07) is 7.55. The summed E-state index contributed by atoms with van der Waals surface area (Å²) in [5.74, 6) is 0.889. The van der Waals surface area contributed by atoms with Gasteiger partial charge in [0.25, 0.3) is 0 Å². The largest absolute Gasteiger partial charge is 0.338 e. The van der Waals surface area contributed by atoms with E-state index < -0.39 is 0 Å². The van der Waals surface area contributed by atoms with Gasteiger partial charge < -0.3 is 16.4 Å². The lowest BCUT2D eigenvalue weighted by atomic mass is 10.0. The van der Waals surface area contributed by atoms with Gasteiger partial charge in [-0.1, -0.05) is 37.8 Å². The second kappa shape index (κ2) is 8.03. The average molecular weight is 289 g/mol. The molecule has 0 bridgehead atoms. The van der Waals surface area contributed by atoms with E-state index in [1.165, 1.54) is 32.1 Å². The molecule has 0 radical (unpaired) electrons. The van der Waals surface area contributed by atoms with Crippen molar-refractivity contribution in [1.82, 2.24) is 5.32 Å². The van der Waals surface area contributed by atoms with Crippen molar-refractivity contribution in [2.24, 2.45) is 11.7 Å². The Morgan fingerprint density at radius 2 is 1.95 bits per heavy atom. The Hall–Kier alpha value is -1.55. The number of carbonyl (C=O) groups excluding carboxylic acids is 1. The predicted octanol–water partition coefficient (Wildman–Crippen LogP) is 3.80. The van der Waals surface area contributed by atoms with Gasteiger partial charge in [-0.05, 0) is 43.4 Å². The predicted molar refractivity (Wildman–Crippen MR) is 87.3 cm³/mol. The van der Waals surface area contributed by atoms with Gasteiger partial charge in [0, 0.05) is 18.3 Å². The molecule has 0 heterocycles. The van der Waals surface area contributed by atoms with Crippen molar-refractivity contribution in [2.75, 3.05) is 11.9 Å². The third kappa shape index (κ3) is 5.38. The molecule has 2 amide bonds. The van der Waals surface area contributed by atoms with Crippen LogP contribution in [0.4, 0.5) is 10.5 Å². The smallest absolute Gasteiger partial charge is 0.319 e. The van der Waals surface area contributed by atoms with Crippen LogP contribution in [0.5, 0.6) is 0 Å². The van der Waals surface area contributed by atoms with Gasteiger partial charge in [-0.2, -0.15) is 0 Å². The molecule has 1 aromatic rings. The molecular formula is C17H27N3O. The van der Waals surface area contributed by atoms with Crippen LogP contribution in [-0.4, -0.2) is 12.6 Å². The molecule has 1 aliphatic rings. The molecule has 4 N–H and O–H groups in total. The first-order valence-corrected chi connectivity index (χ1v) is 8.05. The van der Waals surface area contributed by atoms with Crippen LogP contribution >= 0.6 is 0 Å². The molecule has 4 nitrogen and oxygen atoms in total. The molecule has 0 saturated heterocycles. The van der Waals surface area contributed by atoms with Gasteiger partial charge in [0.05, 0.1) is 0 Å². The van der Waals surface area contributed by atoms with E-state index in [2.05, 4.69) is 10.6 Å². The van der Waals surface area contributed by atoms with Crippen molar-refractivity contribution < 1.29 is 4.79 Å². The standard InChI is InChI=1S/C17H27N3O/c1-13(18)15-8-10-16(11-9-15)20-17(21)19-12-4-7-14-5-2-3-6-14/h8-11,13-14H,2-7,12,18H2,1H3,(H2,19,20,21). The van der Waals surface area contributed by atoms with Gasteiger partial charge in [-0.3, -0.25) is 0 Å². The van der Waals surface area contributed by atoms with Crippen LogP contribution in [0.25, 0.3) is 0 Å². The zero-order valence-corrected chi connectivity index (χ0v) is 12.9. The zero-order chi connectivity index (χ0) is 15.1. The first kappa shape index (κ1) is 15.8. The van der Waals surface area contributed by atoms with Gasteiger partial charge in [0.2, 0.25) is 0 Å². The minimum absolute atomic E-state index is 0.0171. The van der Waals surface area contributed by atoms with Crippen LogP contribution in [0, 0.1) is 5.92 Å². The Morgan fingerprint density at radius 3 is 2.57 bits per heavy atom. The highest BCUT2D eigenvalue weighted by atomic mass is 16.2. The van der Waals surface area contributed by atoms with Gasteiger partial charge in [0.15, 0.2) is 0 Å². The van der Waals surface area contributed by atoms with Crippen molar-refractivity contribution in [3.63, 3.8) is 0 Å². The maximum Gasteiger partial charge on any atom is 0.319 e. The van der Waals surface area contributed by atoms with Crippen LogP contribution in [0.15, 0.2) is 24.3 Å². The van der Waals surface area contributed by atoms with Gasteiger partial charge in [0.1, 0.15) is 0 Å². The van der Waals surface area contributed by atoms with Gasteiger partial charge in [-0.25, -0.2) is 4.79 Å². The molecule has 2 rings (SSSR count). The van der Waals surface area contributed by atoms with Crippen LogP contribution in [0.1, 0.15) is 57.1 Å². The fraction of sp³-hybridized carbons (Fsp3) is 0.588. The average Bonchev–Trinajstić information content (AvgIpc) is 2.97. The number of nitrogens with one attached hydrogen (secondary N) is 2. The molecule has 1 atom stereocenters. The summed E-state index contributed by atoms with van der Waals surface area (Å²) in [5.41, 5.74) is 7.66. The van der Waals surface area contributed by atoms with Crippen molar-refractivity contribution in [3.05, 3.63) is 29.8 Å². The fourth-order valence-electron chi connectivity index (χ4n) is 2.94. The summed E-state index contributed by atoms with van der Waals surface area (Å²) < 4.78 is 0. The van der Waals surface area contributed by atoms with E-state index in [0.717, 1.165) is 30.1 Å². The number of hydrogen-bond acceptors (Lipinski definition) is 2. The van der Waals surface area contributed by atoms with Crippen LogP contribution in [-0.2, 0) is 0 Å². The number of rotatable bonds is 6. The number of anilines is 1. The third-order valence-electron chi connectivity index (χ3n) is 4.24. The molecule has 0 spiro atoms. The highest BCUT2D eigenvalue weighted by Gasteiger charge is 2.14. The Balaban J connectivity index is 1.64. The molecule has 0 aliphatic heterocycles. The van der Waals surface area contributed by atoms with Crippen molar-refractivity contribution in [3.8, 4) is 0 Å². The molecule has 1 saturated carbocycles. The summed E-state index contributed by atoms with van der Waals surface area (Å²) in [6.07, 6.45) is 7.83. The highest BCUT2D eigenvalue weighted by Crippen LogP contribution is 2.28. The monoisotopic (exact) mass is 289 g/mol. The lowest BCUT2D eigenvalue weighted by Gasteiger charge is -2.11. The second-order valence-electron chi connectivity index (χ2n) is 6.08. The summed E-state index contributed by atoms with van der Waals surface area (Å²) in [6.45, 7) is 2.69. The highest BCUT2D eigenvalue weighted by molar-refractivity contribution is 5.89. The molecule has 4 heteroatoms. The van der Waals surface area contributed by atoms with E-state index in [9.17, 15) is 4.79 Å². The minimum Gasteiger partial charge on any atom is -0.338 e. The summed E-state index contributed by atoms with van der Waals surface area (Å²) in [4.78, 5) is 11.8. The Bertz CT molecular complexity index is 436. The summed E-state index contributed by atoms with van der Waals surface area (Å²) in [5, 5.41) is 5.76. The van der Waals surface area contributed by atoms with E-state index in [1.54, 1.807) is 0 Å². The summed E-state index contributed by atoms with van der Waals surface area (Å²) in [7, 11) is 0. The van der Waals surface area contributed by atoms with Crippen LogP contribution in [0.3, 0.4) is 0 Å². The molecule has 1 unspecified atom stereocenters. The number of benzene rings is 1. The molecule has 116 valence electrons. The van der Waals surface area contributed by atoms with Crippen LogP contribution < -0.4 is 16.4 Å². The number of carbonyl (C=O) groups is 1. The van der Waals surface area contributed by atoms with Crippen LogP contribution in [0.2, 0.25) is 0 Å². The van der Waals surface area contributed by atoms with Crippen molar-refractivity contribution in [2.45, 2.75) is 51.5 Å². The maximum atomic E-state index is 11.8. The van der Waals surface area contributed by atoms with E-state index in [4.69, 9.17) is 5.73 Å². The fourth-order valence-corrected chi connectivity index (χ4v) is 2.94. The van der Waals surface area contributed by atoms with Gasteiger partial charge >= 0.3 is 6.03 Å². The molecular weight excluding hydrogens is 262 g/mol. The Morgan fingerprint density at radius 1 is 1.29 bits per heavy atom. The number of amides is 2. The molecule has 1 fully saturated rings. The van der Waals surface area contributed by atoms with E-state index in [1.807, 2.05) is 31.2 Å². The zero-order valence-electron chi connectivity index (χ0n) is 12.9. The second-order valence-corrected chi connectivity index (χ2v) is 6.08. The molecule has 1 aromatic carbocycles. The first-order valence-electron chi connectivity index (χ1n) is 8.05. The topological polar surface area (TPSA) is 67.1 Å². The lowest BCUT2D eigenvalue weighted by molar-refractivity contribution is 0.251. The van der Waals surface area contributed by atoms with Crippen molar-refractivity contribution in [1.29, 1.82) is 0 Å². The summed E-state index contributed by atoms with van der Waals surface area (Å²) >= 11 is 0. The first-order chi connectivity index (χ1) is 10.1. The van der Waals surface area contributed by atoms with Crippen molar-refractivity contribution >= 4 is 11.7 Å². The molecule has 21 heavy (non-hydrogen) atoms. The maximum absolute atomic E-state index is 11.8. The number of nitrogens with two attached hydrogens (primary N) is 1. The normalized spacial score (nSPS) is 16.7.